The van der Waals surface area contributed by atoms with Gasteiger partial charge in [0, 0.05) is 34.3 Å². The van der Waals surface area contributed by atoms with E-state index >= 15 is 0 Å². The van der Waals surface area contributed by atoms with Crippen molar-refractivity contribution in [1.29, 1.82) is 0 Å². The number of aliphatic hydroxyl groups is 2. The second kappa shape index (κ2) is 11.9. The monoisotopic (exact) mass is 491 g/mol. The summed E-state index contributed by atoms with van der Waals surface area (Å²) < 4.78 is 5.64. The average Bonchev–Trinajstić information content (AvgIpc) is 2.87. The first-order valence-electron chi connectivity index (χ1n) is 11.8. The molecule has 3 rings (SSSR count). The first-order valence-corrected chi connectivity index (χ1v) is 11.8. The maximum absolute atomic E-state index is 13.2. The van der Waals surface area contributed by atoms with Crippen LogP contribution in [-0.4, -0.2) is 50.5 Å². The zero-order valence-corrected chi connectivity index (χ0v) is 20.9. The van der Waals surface area contributed by atoms with Crippen molar-refractivity contribution in [3.8, 4) is 11.5 Å². The van der Waals surface area contributed by atoms with Crippen LogP contribution in [0.5, 0.6) is 11.5 Å². The number of aliphatic hydroxyl groups excluding tert-OH is 2. The van der Waals surface area contributed by atoms with E-state index in [0.29, 0.717) is 23.4 Å². The van der Waals surface area contributed by atoms with E-state index < -0.39 is 6.61 Å². The van der Waals surface area contributed by atoms with Crippen molar-refractivity contribution in [3.05, 3.63) is 94.5 Å². The molecule has 0 saturated heterocycles. The Bertz CT molecular complexity index is 1200. The second-order valence-electron chi connectivity index (χ2n) is 9.63. The highest BCUT2D eigenvalue weighted by Gasteiger charge is 2.25. The Labute approximate surface area is 211 Å². The van der Waals surface area contributed by atoms with Crippen LogP contribution >= 0.6 is 0 Å². The van der Waals surface area contributed by atoms with Gasteiger partial charge in [-0.05, 0) is 62.7 Å². The summed E-state index contributed by atoms with van der Waals surface area (Å²) in [5.41, 5.74) is 2.27. The molecule has 0 radical (unpaired) electrons. The molecule has 0 aliphatic carbocycles. The van der Waals surface area contributed by atoms with Crippen molar-refractivity contribution in [2.75, 3.05) is 13.2 Å². The molecule has 7 heteroatoms. The molecule has 0 spiro atoms. The molecule has 0 aliphatic heterocycles. The molecule has 36 heavy (non-hydrogen) atoms. The summed E-state index contributed by atoms with van der Waals surface area (Å²) in [5.74, 6) is -0.221. The van der Waals surface area contributed by atoms with Gasteiger partial charge >= 0.3 is 0 Å². The van der Waals surface area contributed by atoms with E-state index in [1.54, 1.807) is 18.2 Å². The largest absolute Gasteiger partial charge is 0.508 e. The number of aromatic hydroxyl groups is 1. The number of carbonyl (C=O) groups excluding carboxylic acids is 2. The molecule has 0 bridgehead atoms. The summed E-state index contributed by atoms with van der Waals surface area (Å²) in [7, 11) is 0. The molecule has 3 aromatic carbocycles. The smallest absolute Gasteiger partial charge is 0.200 e. The van der Waals surface area contributed by atoms with Crippen LogP contribution in [0.4, 0.5) is 0 Å². The lowest BCUT2D eigenvalue weighted by atomic mass is 10.0. The van der Waals surface area contributed by atoms with Crippen LogP contribution in [0.2, 0.25) is 0 Å². The third kappa shape index (κ3) is 7.01. The number of Topliss-reactive ketones (excluding diaryl/α,β-unsaturated/α-hetero) is 2. The highest BCUT2D eigenvalue weighted by Crippen LogP contribution is 2.24. The molecule has 190 valence electrons. The molecule has 3 aromatic rings. The minimum absolute atomic E-state index is 0.0844. The molecule has 0 atom stereocenters. The van der Waals surface area contributed by atoms with Gasteiger partial charge in [-0.25, -0.2) is 0 Å². The lowest BCUT2D eigenvalue weighted by molar-refractivity contribution is 0.0793. The zero-order valence-electron chi connectivity index (χ0n) is 20.9. The van der Waals surface area contributed by atoms with Gasteiger partial charge in [-0.1, -0.05) is 30.3 Å². The van der Waals surface area contributed by atoms with Crippen LogP contribution < -0.4 is 4.74 Å². The predicted octanol–water partition coefficient (Wildman–Crippen LogP) is 4.12. The number of phenols is 1. The number of ether oxygens (including phenoxy) is 1. The third-order valence-corrected chi connectivity index (χ3v) is 5.98. The van der Waals surface area contributed by atoms with E-state index in [0.717, 1.165) is 5.56 Å². The quantitative estimate of drug-likeness (QED) is 0.346. The third-order valence-electron chi connectivity index (χ3n) is 5.98. The molecule has 0 heterocycles. The molecule has 0 saturated carbocycles. The van der Waals surface area contributed by atoms with Crippen LogP contribution in [0, 0.1) is 0 Å². The van der Waals surface area contributed by atoms with E-state index in [1.807, 2.05) is 30.3 Å². The van der Waals surface area contributed by atoms with Gasteiger partial charge in [-0.15, -0.1) is 0 Å². The Balaban J connectivity index is 1.70. The van der Waals surface area contributed by atoms with Gasteiger partial charge in [-0.2, -0.15) is 0 Å². The average molecular weight is 492 g/mol. The second-order valence-corrected chi connectivity index (χ2v) is 9.63. The number of hydrogen-bond acceptors (Lipinski definition) is 7. The van der Waals surface area contributed by atoms with Gasteiger partial charge in [0.25, 0.3) is 0 Å². The van der Waals surface area contributed by atoms with Crippen LogP contribution in [0.1, 0.15) is 58.2 Å². The van der Waals surface area contributed by atoms with Gasteiger partial charge < -0.3 is 20.1 Å². The van der Waals surface area contributed by atoms with Crippen molar-refractivity contribution >= 4 is 11.6 Å². The van der Waals surface area contributed by atoms with Crippen molar-refractivity contribution in [3.63, 3.8) is 0 Å². The van der Waals surface area contributed by atoms with Gasteiger partial charge in [0.05, 0.1) is 19.8 Å². The van der Waals surface area contributed by atoms with Crippen LogP contribution in [0.3, 0.4) is 0 Å². The summed E-state index contributed by atoms with van der Waals surface area (Å²) in [5, 5.41) is 28.8. The minimum Gasteiger partial charge on any atom is -0.508 e. The molecule has 7 nitrogen and oxygen atoms in total. The Kier molecular flexibility index (Phi) is 8.98. The topological polar surface area (TPSA) is 107 Å². The standard InChI is InChI=1S/C29H33NO6/c1-29(2,3)30(15-20-7-5-4-6-8-20)16-26(34)21-10-12-28(24(14-21)18-32)36-19-27(35)22-9-11-25(33)23(13-22)17-31/h4-14,31-33H,15-19H2,1-3H3. The summed E-state index contributed by atoms with van der Waals surface area (Å²) in [4.78, 5) is 27.8. The van der Waals surface area contributed by atoms with Crippen molar-refractivity contribution < 1.29 is 29.6 Å². The lowest BCUT2D eigenvalue weighted by Gasteiger charge is -2.35. The number of rotatable bonds is 11. The maximum Gasteiger partial charge on any atom is 0.200 e. The molecule has 0 amide bonds. The summed E-state index contributed by atoms with van der Waals surface area (Å²) in [6.45, 7) is 5.97. The van der Waals surface area contributed by atoms with E-state index in [2.05, 4.69) is 25.7 Å². The number of hydrogen-bond donors (Lipinski definition) is 3. The highest BCUT2D eigenvalue weighted by atomic mass is 16.5. The van der Waals surface area contributed by atoms with E-state index in [1.165, 1.54) is 18.2 Å². The zero-order chi connectivity index (χ0) is 26.3. The first kappa shape index (κ1) is 27.1. The molecule has 0 fully saturated rings. The Morgan fingerprint density at radius 2 is 1.44 bits per heavy atom. The van der Waals surface area contributed by atoms with Gasteiger partial charge in [-0.3, -0.25) is 14.5 Å². The van der Waals surface area contributed by atoms with Crippen molar-refractivity contribution in [1.82, 2.24) is 4.90 Å². The van der Waals surface area contributed by atoms with Crippen molar-refractivity contribution in [2.24, 2.45) is 0 Å². The number of benzene rings is 3. The van der Waals surface area contributed by atoms with Crippen LogP contribution in [-0.2, 0) is 19.8 Å². The fourth-order valence-corrected chi connectivity index (χ4v) is 3.73. The summed E-state index contributed by atoms with van der Waals surface area (Å²) in [6, 6.07) is 19.0. The highest BCUT2D eigenvalue weighted by molar-refractivity contribution is 5.98. The van der Waals surface area contributed by atoms with E-state index in [4.69, 9.17) is 4.74 Å². The SMILES string of the molecule is CC(C)(C)N(CC(=O)c1ccc(OCC(=O)c2ccc(O)c(CO)c2)c(CO)c1)Cc1ccccc1. The number of carbonyl (C=O) groups is 2. The first-order chi connectivity index (χ1) is 17.1. The lowest BCUT2D eigenvalue weighted by Crippen LogP contribution is -2.43. The Morgan fingerprint density at radius 3 is 2.08 bits per heavy atom. The molecule has 0 unspecified atom stereocenters. The fourth-order valence-electron chi connectivity index (χ4n) is 3.73. The van der Waals surface area contributed by atoms with Gasteiger partial charge in [0.2, 0.25) is 0 Å². The molecule has 3 N–H and O–H groups in total. The fraction of sp³-hybridized carbons (Fsp3) is 0.310. The summed E-state index contributed by atoms with van der Waals surface area (Å²) in [6.07, 6.45) is 0. The normalized spacial score (nSPS) is 11.5. The summed E-state index contributed by atoms with van der Waals surface area (Å²) >= 11 is 0. The maximum atomic E-state index is 13.2. The number of ketones is 2. The van der Waals surface area contributed by atoms with Crippen LogP contribution in [0.15, 0.2) is 66.7 Å². The molecular weight excluding hydrogens is 458 g/mol. The van der Waals surface area contributed by atoms with Gasteiger partial charge in [0.15, 0.2) is 18.2 Å². The van der Waals surface area contributed by atoms with Crippen LogP contribution in [0.25, 0.3) is 0 Å². The predicted molar refractivity (Wildman–Crippen MR) is 137 cm³/mol. The van der Waals surface area contributed by atoms with Crippen molar-refractivity contribution in [2.45, 2.75) is 46.1 Å². The number of nitrogens with zero attached hydrogens (tertiary/aromatic N) is 1. The van der Waals surface area contributed by atoms with E-state index in [9.17, 15) is 24.9 Å². The molecule has 0 aromatic heterocycles. The van der Waals surface area contributed by atoms with E-state index in [-0.39, 0.29) is 53.7 Å². The Hall–Kier alpha value is -3.52. The molecule has 0 aliphatic rings. The minimum atomic E-state index is -0.393. The molecular formula is C29H33NO6. The Morgan fingerprint density at radius 1 is 0.833 bits per heavy atom. The van der Waals surface area contributed by atoms with Gasteiger partial charge in [0.1, 0.15) is 11.5 Å².